The highest BCUT2D eigenvalue weighted by Crippen LogP contribution is 2.24. The molecule has 3 rings (SSSR count). The summed E-state index contributed by atoms with van der Waals surface area (Å²) in [5, 5.41) is 14.5. The number of rotatable bonds is 4. The molecule has 0 unspecified atom stereocenters. The smallest absolute Gasteiger partial charge is 0.335 e. The van der Waals surface area contributed by atoms with Crippen LogP contribution < -0.4 is 5.01 Å². The number of hydrogen-bond acceptors (Lipinski definition) is 4. The van der Waals surface area contributed by atoms with E-state index in [4.69, 9.17) is 9.52 Å². The Bertz CT molecular complexity index is 876. The molecule has 0 aliphatic carbocycles. The van der Waals surface area contributed by atoms with Crippen LogP contribution in [0.3, 0.4) is 0 Å². The molecule has 0 saturated heterocycles. The summed E-state index contributed by atoms with van der Waals surface area (Å²) >= 11 is 0. The fraction of sp³-hybridized carbons (Fsp3) is 0.0556. The number of furan rings is 1. The highest BCUT2D eigenvalue weighted by Gasteiger charge is 2.28. The first-order valence-corrected chi connectivity index (χ1v) is 7.21. The van der Waals surface area contributed by atoms with Crippen LogP contribution in [-0.2, 0) is 4.79 Å². The summed E-state index contributed by atoms with van der Waals surface area (Å²) in [7, 11) is 0. The van der Waals surface area contributed by atoms with Gasteiger partial charge in [0.2, 0.25) is 0 Å². The minimum absolute atomic E-state index is 0.100. The van der Waals surface area contributed by atoms with Gasteiger partial charge in [-0.25, -0.2) is 4.79 Å². The van der Waals surface area contributed by atoms with Crippen molar-refractivity contribution in [1.29, 1.82) is 0 Å². The number of hydrogen-bond donors (Lipinski definition) is 1. The Hall–Kier alpha value is -3.41. The molecule has 1 aliphatic heterocycles. The van der Waals surface area contributed by atoms with Crippen LogP contribution in [0.1, 0.15) is 23.0 Å². The van der Waals surface area contributed by atoms with E-state index >= 15 is 0 Å². The van der Waals surface area contributed by atoms with Crippen molar-refractivity contribution >= 4 is 29.4 Å². The molecule has 120 valence electrons. The average molecular weight is 322 g/mol. The number of anilines is 1. The fourth-order valence-corrected chi connectivity index (χ4v) is 2.28. The lowest BCUT2D eigenvalue weighted by molar-refractivity contribution is -0.114. The molecular formula is C18H14N2O4. The molecule has 6 nitrogen and oxygen atoms in total. The van der Waals surface area contributed by atoms with E-state index in [2.05, 4.69) is 5.10 Å². The van der Waals surface area contributed by atoms with Crippen LogP contribution in [0, 0.1) is 0 Å². The monoisotopic (exact) mass is 322 g/mol. The second-order valence-corrected chi connectivity index (χ2v) is 5.11. The molecule has 2 heterocycles. The minimum atomic E-state index is -1.05. The molecule has 1 aromatic heterocycles. The van der Waals surface area contributed by atoms with Crippen LogP contribution in [0.2, 0.25) is 0 Å². The van der Waals surface area contributed by atoms with Gasteiger partial charge in [0.15, 0.2) is 0 Å². The molecule has 0 radical (unpaired) electrons. The zero-order valence-electron chi connectivity index (χ0n) is 12.8. The lowest BCUT2D eigenvalue weighted by Gasteiger charge is -2.12. The van der Waals surface area contributed by atoms with Gasteiger partial charge in [-0.05, 0) is 49.4 Å². The highest BCUT2D eigenvalue weighted by molar-refractivity contribution is 6.30. The Kier molecular flexibility index (Phi) is 4.11. The van der Waals surface area contributed by atoms with Gasteiger partial charge in [-0.1, -0.05) is 12.1 Å². The minimum Gasteiger partial charge on any atom is -0.478 e. The predicted octanol–water partition coefficient (Wildman–Crippen LogP) is 3.34. The molecule has 1 amide bonds. The van der Waals surface area contributed by atoms with E-state index in [1.807, 2.05) is 0 Å². The number of carboxylic acid groups (broad SMARTS) is 1. The van der Waals surface area contributed by atoms with Gasteiger partial charge in [-0.15, -0.1) is 0 Å². The number of carbonyl (C=O) groups excluding carboxylic acids is 1. The number of carboxylic acids is 1. The Morgan fingerprint density at radius 1 is 1.29 bits per heavy atom. The number of amides is 1. The van der Waals surface area contributed by atoms with E-state index in [1.165, 1.54) is 17.1 Å². The first kappa shape index (κ1) is 15.5. The maximum Gasteiger partial charge on any atom is 0.335 e. The Morgan fingerprint density at radius 2 is 2.12 bits per heavy atom. The molecule has 1 N–H and O–H groups in total. The third kappa shape index (κ3) is 3.03. The molecule has 6 heteroatoms. The van der Waals surface area contributed by atoms with Gasteiger partial charge in [0.25, 0.3) is 5.91 Å². The lowest BCUT2D eigenvalue weighted by atomic mass is 10.1. The molecular weight excluding hydrogens is 308 g/mol. The number of allylic oxidation sites excluding steroid dienone is 2. The second-order valence-electron chi connectivity index (χ2n) is 5.11. The van der Waals surface area contributed by atoms with E-state index in [9.17, 15) is 9.59 Å². The zero-order valence-corrected chi connectivity index (χ0v) is 12.8. The molecule has 1 aliphatic rings. The Labute approximate surface area is 138 Å². The molecule has 0 fully saturated rings. The van der Waals surface area contributed by atoms with Crippen LogP contribution in [0.15, 0.2) is 69.9 Å². The Balaban J connectivity index is 1.85. The van der Waals surface area contributed by atoms with Gasteiger partial charge in [-0.2, -0.15) is 10.1 Å². The third-order valence-electron chi connectivity index (χ3n) is 3.47. The average Bonchev–Trinajstić information content (AvgIpc) is 3.18. The van der Waals surface area contributed by atoms with Crippen LogP contribution in [0.4, 0.5) is 5.69 Å². The Morgan fingerprint density at radius 3 is 2.83 bits per heavy atom. The van der Waals surface area contributed by atoms with E-state index in [1.54, 1.807) is 55.7 Å². The van der Waals surface area contributed by atoms with Gasteiger partial charge in [-0.3, -0.25) is 4.79 Å². The van der Waals surface area contributed by atoms with Crippen molar-refractivity contribution in [3.8, 4) is 0 Å². The largest absolute Gasteiger partial charge is 0.478 e. The first-order valence-electron chi connectivity index (χ1n) is 7.21. The molecule has 1 aromatic carbocycles. The highest BCUT2D eigenvalue weighted by atomic mass is 16.4. The molecule has 0 bridgehead atoms. The van der Waals surface area contributed by atoms with Gasteiger partial charge in [0.05, 0.1) is 28.8 Å². The quantitative estimate of drug-likeness (QED) is 0.875. The summed E-state index contributed by atoms with van der Waals surface area (Å²) in [6.45, 7) is 1.73. The third-order valence-corrected chi connectivity index (χ3v) is 3.47. The lowest BCUT2D eigenvalue weighted by Crippen LogP contribution is -2.21. The van der Waals surface area contributed by atoms with Crippen LogP contribution >= 0.6 is 0 Å². The van der Waals surface area contributed by atoms with Crippen molar-refractivity contribution < 1.29 is 19.1 Å². The summed E-state index contributed by atoms with van der Waals surface area (Å²) < 4.78 is 5.18. The first-order chi connectivity index (χ1) is 11.6. The normalized spacial score (nSPS) is 16.2. The van der Waals surface area contributed by atoms with Gasteiger partial charge < -0.3 is 9.52 Å². The maximum atomic E-state index is 12.5. The maximum absolute atomic E-state index is 12.5. The van der Waals surface area contributed by atoms with Crippen molar-refractivity contribution in [2.45, 2.75) is 6.92 Å². The zero-order chi connectivity index (χ0) is 17.1. The second kappa shape index (κ2) is 6.37. The number of hydrazone groups is 1. The van der Waals surface area contributed by atoms with Crippen molar-refractivity contribution in [3.05, 3.63) is 71.7 Å². The molecule has 0 atom stereocenters. The summed E-state index contributed by atoms with van der Waals surface area (Å²) in [5.41, 5.74) is 1.52. The van der Waals surface area contributed by atoms with E-state index in [0.717, 1.165) is 0 Å². The number of aromatic carboxylic acids is 1. The van der Waals surface area contributed by atoms with E-state index < -0.39 is 5.97 Å². The number of benzene rings is 1. The summed E-state index contributed by atoms with van der Waals surface area (Å²) in [5.74, 6) is -0.682. The van der Waals surface area contributed by atoms with Crippen molar-refractivity contribution in [1.82, 2.24) is 0 Å². The van der Waals surface area contributed by atoms with Crippen LogP contribution in [0.25, 0.3) is 6.08 Å². The van der Waals surface area contributed by atoms with Crippen molar-refractivity contribution in [2.24, 2.45) is 5.10 Å². The fourth-order valence-electron chi connectivity index (χ4n) is 2.28. The van der Waals surface area contributed by atoms with Gasteiger partial charge in [0.1, 0.15) is 5.76 Å². The molecule has 2 aromatic rings. The number of carbonyl (C=O) groups is 2. The van der Waals surface area contributed by atoms with E-state index in [-0.39, 0.29) is 11.5 Å². The van der Waals surface area contributed by atoms with Crippen molar-refractivity contribution in [3.63, 3.8) is 0 Å². The topological polar surface area (TPSA) is 83.1 Å². The standard InChI is InChI=1S/C18H14N2O4/c1-12-16(9-3-7-15-8-4-10-24-15)17(21)20(19-12)14-6-2-5-13(11-14)18(22)23/h2-11H,1H3,(H,22,23)/b7-3+,16-9+. The summed E-state index contributed by atoms with van der Waals surface area (Å²) in [6.07, 6.45) is 6.67. The molecule has 24 heavy (non-hydrogen) atoms. The molecule has 0 spiro atoms. The predicted molar refractivity (Wildman–Crippen MR) is 89.8 cm³/mol. The summed E-state index contributed by atoms with van der Waals surface area (Å²) in [6, 6.07) is 9.68. The SMILES string of the molecule is CC1=NN(c2cccc(C(=O)O)c2)C(=O)/C1=C/C=C/c1ccco1. The molecule has 0 saturated carbocycles. The number of nitrogens with zero attached hydrogens (tertiary/aromatic N) is 2. The van der Waals surface area contributed by atoms with Crippen molar-refractivity contribution in [2.75, 3.05) is 5.01 Å². The van der Waals surface area contributed by atoms with Crippen LogP contribution in [-0.4, -0.2) is 22.7 Å². The van der Waals surface area contributed by atoms with Crippen LogP contribution in [0.5, 0.6) is 0 Å². The van der Waals surface area contributed by atoms with Gasteiger partial charge >= 0.3 is 5.97 Å². The van der Waals surface area contributed by atoms with Gasteiger partial charge in [0, 0.05) is 0 Å². The van der Waals surface area contributed by atoms with E-state index in [0.29, 0.717) is 22.7 Å². The summed E-state index contributed by atoms with van der Waals surface area (Å²) in [4.78, 5) is 23.6.